The van der Waals surface area contributed by atoms with Gasteiger partial charge in [-0.2, -0.15) is 0 Å². The third-order valence-electron chi connectivity index (χ3n) is 2.06. The predicted octanol–water partition coefficient (Wildman–Crippen LogP) is 1.47. The molecule has 17 heavy (non-hydrogen) atoms. The second kappa shape index (κ2) is 9.30. The number of ether oxygens (including phenoxy) is 1. The van der Waals surface area contributed by atoms with Crippen molar-refractivity contribution in [1.82, 2.24) is 5.32 Å². The molecule has 100 valence electrons. The average Bonchev–Trinajstić information content (AvgIpc) is 2.26. The van der Waals surface area contributed by atoms with Gasteiger partial charge in [-0.25, -0.2) is 4.79 Å². The number of nitrogens with one attached hydrogen (secondary N) is 1. The van der Waals surface area contributed by atoms with Crippen LogP contribution in [0.4, 0.5) is 0 Å². The Morgan fingerprint density at radius 3 is 2.53 bits per heavy atom. The van der Waals surface area contributed by atoms with Crippen molar-refractivity contribution in [3.05, 3.63) is 0 Å². The fraction of sp³-hybridized carbons (Fsp3) is 0.818. The van der Waals surface area contributed by atoms with Gasteiger partial charge in [0.25, 0.3) is 0 Å². The van der Waals surface area contributed by atoms with Gasteiger partial charge in [-0.15, -0.1) is 11.8 Å². The van der Waals surface area contributed by atoms with E-state index in [0.717, 1.165) is 6.42 Å². The van der Waals surface area contributed by atoms with E-state index in [4.69, 9.17) is 9.84 Å². The van der Waals surface area contributed by atoms with E-state index in [1.807, 2.05) is 20.8 Å². The second-order valence-corrected chi connectivity index (χ2v) is 4.87. The summed E-state index contributed by atoms with van der Waals surface area (Å²) >= 11 is 1.35. The Labute approximate surface area is 106 Å². The maximum Gasteiger partial charge on any atom is 0.326 e. The van der Waals surface area contributed by atoms with E-state index in [0.29, 0.717) is 13.0 Å². The summed E-state index contributed by atoms with van der Waals surface area (Å²) in [6.45, 7) is 6.23. The van der Waals surface area contributed by atoms with Crippen molar-refractivity contribution in [2.75, 3.05) is 12.4 Å². The minimum Gasteiger partial charge on any atom is -0.480 e. The standard InChI is InChI=1S/C11H21NO4S/c1-4-6-9(11(14)15)12-10(13)7-17-8(3)16-5-2/h8-9H,4-7H2,1-3H3,(H,12,13)(H,14,15). The van der Waals surface area contributed by atoms with Crippen LogP contribution in [0.2, 0.25) is 0 Å². The molecule has 0 saturated heterocycles. The summed E-state index contributed by atoms with van der Waals surface area (Å²) in [6, 6.07) is -0.782. The summed E-state index contributed by atoms with van der Waals surface area (Å²) in [4.78, 5) is 22.3. The van der Waals surface area contributed by atoms with Crippen LogP contribution < -0.4 is 5.32 Å². The quantitative estimate of drug-likeness (QED) is 0.616. The number of hydrogen-bond acceptors (Lipinski definition) is 4. The lowest BCUT2D eigenvalue weighted by Crippen LogP contribution is -2.41. The highest BCUT2D eigenvalue weighted by Crippen LogP contribution is 2.11. The van der Waals surface area contributed by atoms with Crippen LogP contribution in [0, 0.1) is 0 Å². The molecular formula is C11H21NO4S. The molecule has 0 aliphatic heterocycles. The van der Waals surface area contributed by atoms with Gasteiger partial charge in [-0.3, -0.25) is 4.79 Å². The number of rotatable bonds is 9. The molecule has 0 fully saturated rings. The van der Waals surface area contributed by atoms with Gasteiger partial charge in [0.05, 0.1) is 5.75 Å². The summed E-state index contributed by atoms with van der Waals surface area (Å²) in [5, 5.41) is 11.4. The number of carbonyl (C=O) groups is 2. The number of thioether (sulfide) groups is 1. The minimum absolute atomic E-state index is 0.0554. The van der Waals surface area contributed by atoms with E-state index in [1.165, 1.54) is 11.8 Å². The van der Waals surface area contributed by atoms with Crippen molar-refractivity contribution in [2.24, 2.45) is 0 Å². The van der Waals surface area contributed by atoms with Gasteiger partial charge in [-0.05, 0) is 20.3 Å². The molecule has 2 N–H and O–H groups in total. The zero-order chi connectivity index (χ0) is 13.3. The average molecular weight is 263 g/mol. The number of carboxylic acid groups (broad SMARTS) is 1. The van der Waals surface area contributed by atoms with Crippen molar-refractivity contribution in [2.45, 2.75) is 45.1 Å². The van der Waals surface area contributed by atoms with Gasteiger partial charge in [0, 0.05) is 6.61 Å². The summed E-state index contributed by atoms with van der Waals surface area (Å²) < 4.78 is 5.26. The molecule has 0 aliphatic rings. The Hall–Kier alpha value is -0.750. The molecule has 0 rings (SSSR count). The Balaban J connectivity index is 3.93. The first-order chi connectivity index (χ1) is 8.01. The zero-order valence-corrected chi connectivity index (χ0v) is 11.4. The van der Waals surface area contributed by atoms with E-state index in [2.05, 4.69) is 5.32 Å². The third-order valence-corrected chi connectivity index (χ3v) is 3.10. The van der Waals surface area contributed by atoms with Crippen LogP contribution in [0.25, 0.3) is 0 Å². The number of carbonyl (C=O) groups excluding carboxylic acids is 1. The lowest BCUT2D eigenvalue weighted by Gasteiger charge is -2.15. The van der Waals surface area contributed by atoms with Crippen LogP contribution in [0.1, 0.15) is 33.6 Å². The molecular weight excluding hydrogens is 242 g/mol. The molecule has 2 unspecified atom stereocenters. The van der Waals surface area contributed by atoms with Crippen LogP contribution in [-0.2, 0) is 14.3 Å². The van der Waals surface area contributed by atoms with E-state index < -0.39 is 12.0 Å². The van der Waals surface area contributed by atoms with E-state index >= 15 is 0 Å². The molecule has 0 saturated carbocycles. The number of hydrogen-bond donors (Lipinski definition) is 2. The fourth-order valence-corrected chi connectivity index (χ4v) is 1.96. The predicted molar refractivity (Wildman–Crippen MR) is 68.0 cm³/mol. The van der Waals surface area contributed by atoms with E-state index in [-0.39, 0.29) is 17.1 Å². The van der Waals surface area contributed by atoms with E-state index in [1.54, 1.807) is 0 Å². The molecule has 0 spiro atoms. The normalized spacial score (nSPS) is 14.1. The first kappa shape index (κ1) is 16.2. The highest BCUT2D eigenvalue weighted by molar-refractivity contribution is 8.00. The Bertz CT molecular complexity index is 248. The molecule has 5 nitrogen and oxygen atoms in total. The molecule has 1 amide bonds. The lowest BCUT2D eigenvalue weighted by atomic mass is 10.2. The Kier molecular flexibility index (Phi) is 8.89. The first-order valence-electron chi connectivity index (χ1n) is 5.76. The summed E-state index contributed by atoms with van der Waals surface area (Å²) in [7, 11) is 0. The van der Waals surface area contributed by atoms with E-state index in [9.17, 15) is 9.59 Å². The van der Waals surface area contributed by atoms with Gasteiger partial charge in [0.2, 0.25) is 5.91 Å². The van der Waals surface area contributed by atoms with Crippen LogP contribution in [0.5, 0.6) is 0 Å². The summed E-state index contributed by atoms with van der Waals surface area (Å²) in [5.41, 5.74) is -0.0554. The maximum absolute atomic E-state index is 11.5. The molecule has 0 radical (unpaired) electrons. The van der Waals surface area contributed by atoms with Gasteiger partial charge in [0.15, 0.2) is 0 Å². The molecule has 2 atom stereocenters. The number of amides is 1. The van der Waals surface area contributed by atoms with Crippen LogP contribution >= 0.6 is 11.8 Å². The van der Waals surface area contributed by atoms with Crippen molar-refractivity contribution in [1.29, 1.82) is 0 Å². The van der Waals surface area contributed by atoms with Gasteiger partial charge < -0.3 is 15.2 Å². The smallest absolute Gasteiger partial charge is 0.326 e. The molecule has 0 aromatic rings. The Morgan fingerprint density at radius 1 is 1.41 bits per heavy atom. The topological polar surface area (TPSA) is 75.6 Å². The summed E-state index contributed by atoms with van der Waals surface area (Å²) in [5.74, 6) is -1.03. The monoisotopic (exact) mass is 263 g/mol. The maximum atomic E-state index is 11.5. The van der Waals surface area contributed by atoms with Crippen molar-refractivity contribution in [3.8, 4) is 0 Å². The van der Waals surface area contributed by atoms with Gasteiger partial charge in [0.1, 0.15) is 11.5 Å². The SMILES string of the molecule is CCCC(NC(=O)CSC(C)OCC)C(=O)O. The minimum atomic E-state index is -0.983. The molecule has 0 bridgehead atoms. The number of carboxylic acids is 1. The second-order valence-electron chi connectivity index (χ2n) is 3.58. The highest BCUT2D eigenvalue weighted by atomic mass is 32.2. The lowest BCUT2D eigenvalue weighted by molar-refractivity contribution is -0.141. The first-order valence-corrected chi connectivity index (χ1v) is 6.81. The van der Waals surface area contributed by atoms with Crippen LogP contribution in [-0.4, -0.2) is 40.8 Å². The van der Waals surface area contributed by atoms with Crippen LogP contribution in [0.3, 0.4) is 0 Å². The molecule has 6 heteroatoms. The largest absolute Gasteiger partial charge is 0.480 e. The van der Waals surface area contributed by atoms with Gasteiger partial charge >= 0.3 is 5.97 Å². The molecule has 0 aliphatic carbocycles. The molecule has 0 aromatic heterocycles. The van der Waals surface area contributed by atoms with Crippen molar-refractivity contribution in [3.63, 3.8) is 0 Å². The highest BCUT2D eigenvalue weighted by Gasteiger charge is 2.18. The van der Waals surface area contributed by atoms with Crippen molar-refractivity contribution >= 4 is 23.6 Å². The number of aliphatic carboxylic acids is 1. The Morgan fingerprint density at radius 2 is 2.06 bits per heavy atom. The molecule has 0 heterocycles. The van der Waals surface area contributed by atoms with Crippen molar-refractivity contribution < 1.29 is 19.4 Å². The fourth-order valence-electron chi connectivity index (χ4n) is 1.26. The zero-order valence-electron chi connectivity index (χ0n) is 10.6. The third kappa shape index (κ3) is 8.04. The molecule has 0 aromatic carbocycles. The van der Waals surface area contributed by atoms with Gasteiger partial charge in [-0.1, -0.05) is 13.3 Å². The van der Waals surface area contributed by atoms with Crippen LogP contribution in [0.15, 0.2) is 0 Å². The summed E-state index contributed by atoms with van der Waals surface area (Å²) in [6.07, 6.45) is 1.17.